The van der Waals surface area contributed by atoms with E-state index in [9.17, 15) is 25.2 Å². The molecule has 2 aliphatic heterocycles. The number of carbonyl (C=O) groups excluding carboxylic acids is 1. The first-order chi connectivity index (χ1) is 20.3. The number of esters is 1. The minimum atomic E-state index is -0.584. The number of aliphatic hydroxyl groups is 4. The van der Waals surface area contributed by atoms with E-state index in [1.54, 1.807) is 6.08 Å². The maximum Gasteiger partial charge on any atom is 0.334 e. The second-order valence-corrected chi connectivity index (χ2v) is 13.1. The van der Waals surface area contributed by atoms with Crippen molar-refractivity contribution in [3.05, 3.63) is 11.6 Å². The number of unbranched alkanes of at least 4 members (excludes halogenated alkanes) is 13. The number of cyclic esters (lactones) is 1. The number of aliphatic hydroxyl groups excluding tert-OH is 4. The average molecular weight is 597 g/mol. The molecule has 4 N–H and O–H groups in total. The van der Waals surface area contributed by atoms with Crippen molar-refractivity contribution in [1.29, 1.82) is 0 Å². The Bertz CT molecular complexity index is 726. The third-order valence-corrected chi connectivity index (χ3v) is 9.11. The summed E-state index contributed by atoms with van der Waals surface area (Å²) in [5.74, 6) is -0.305. The van der Waals surface area contributed by atoms with Crippen LogP contribution >= 0.6 is 0 Å². The van der Waals surface area contributed by atoms with E-state index in [2.05, 4.69) is 6.92 Å². The summed E-state index contributed by atoms with van der Waals surface area (Å²) in [7, 11) is 0. The second-order valence-electron chi connectivity index (χ2n) is 13.1. The monoisotopic (exact) mass is 596 g/mol. The summed E-state index contributed by atoms with van der Waals surface area (Å²) in [5.41, 5.74) is 0.588. The van der Waals surface area contributed by atoms with Crippen LogP contribution in [0.4, 0.5) is 0 Å². The van der Waals surface area contributed by atoms with Crippen LogP contribution in [0.1, 0.15) is 162 Å². The smallest absolute Gasteiger partial charge is 0.334 e. The van der Waals surface area contributed by atoms with Crippen LogP contribution in [0.5, 0.6) is 0 Å². The highest BCUT2D eigenvalue weighted by Gasteiger charge is 2.34. The van der Waals surface area contributed by atoms with Crippen LogP contribution in [0.2, 0.25) is 0 Å². The van der Waals surface area contributed by atoms with Crippen LogP contribution in [0, 0.1) is 0 Å². The van der Waals surface area contributed by atoms with Gasteiger partial charge in [0.1, 0.15) is 6.10 Å². The summed E-state index contributed by atoms with van der Waals surface area (Å²) in [6.45, 7) is 4.07. The summed E-state index contributed by atoms with van der Waals surface area (Å²) < 4.78 is 11.1. The number of carbonyl (C=O) groups is 1. The largest absolute Gasteiger partial charge is 0.455 e. The Balaban J connectivity index is 1.42. The summed E-state index contributed by atoms with van der Waals surface area (Å²) >= 11 is 0. The Morgan fingerprint density at radius 1 is 0.667 bits per heavy atom. The minimum Gasteiger partial charge on any atom is -0.455 e. The molecule has 0 aromatic rings. The molecule has 1 fully saturated rings. The zero-order chi connectivity index (χ0) is 30.6. The van der Waals surface area contributed by atoms with Gasteiger partial charge in [-0.2, -0.15) is 0 Å². The van der Waals surface area contributed by atoms with E-state index < -0.39 is 18.3 Å². The van der Waals surface area contributed by atoms with Gasteiger partial charge in [-0.1, -0.05) is 103 Å². The molecule has 0 radical (unpaired) electrons. The molecule has 42 heavy (non-hydrogen) atoms. The van der Waals surface area contributed by atoms with Crippen molar-refractivity contribution in [3.8, 4) is 0 Å². The predicted molar refractivity (Wildman–Crippen MR) is 168 cm³/mol. The van der Waals surface area contributed by atoms with Gasteiger partial charge in [0.2, 0.25) is 0 Å². The molecule has 2 aliphatic rings. The minimum absolute atomic E-state index is 0.191. The summed E-state index contributed by atoms with van der Waals surface area (Å²) in [5, 5.41) is 41.8. The van der Waals surface area contributed by atoms with Crippen LogP contribution in [0.25, 0.3) is 0 Å². The molecule has 0 aliphatic carbocycles. The Morgan fingerprint density at radius 2 is 1.14 bits per heavy atom. The normalized spacial score (nSPS) is 23.5. The molecule has 0 aromatic carbocycles. The SMILES string of the molecule is CCCCCCCCCCCCC(O)CC[C@H](O)[C@@H]1CC[C@@H]([C@@H](O)CCCCCCC[C@H](O)CC2=C[C@H](C)OC2=O)O1. The summed E-state index contributed by atoms with van der Waals surface area (Å²) in [6, 6.07) is 0. The molecule has 0 bridgehead atoms. The highest BCUT2D eigenvalue weighted by molar-refractivity contribution is 5.90. The Morgan fingerprint density at radius 3 is 1.67 bits per heavy atom. The quantitative estimate of drug-likeness (QED) is 0.0624. The molecule has 2 rings (SSSR count). The molecule has 0 saturated carbocycles. The van der Waals surface area contributed by atoms with Gasteiger partial charge in [-0.3, -0.25) is 0 Å². The highest BCUT2D eigenvalue weighted by atomic mass is 16.5. The lowest BCUT2D eigenvalue weighted by atomic mass is 9.99. The number of hydrogen-bond acceptors (Lipinski definition) is 7. The Kier molecular flexibility index (Phi) is 19.9. The standard InChI is InChI=1S/C35H64O7/c1-3-4-5-6-7-8-9-10-12-15-18-29(36)21-22-32(39)34-24-23-33(42-34)31(38)20-17-14-11-13-16-19-30(37)26-28-25-27(2)41-35(28)40/h25,27,29-34,36-39H,3-24,26H2,1-2H3/t27-,29?,30-,31-,32-,33-,34-/m0/s1. The Labute approximate surface area is 256 Å². The van der Waals surface area contributed by atoms with E-state index in [1.807, 2.05) is 6.92 Å². The fourth-order valence-corrected chi connectivity index (χ4v) is 6.40. The van der Waals surface area contributed by atoms with Gasteiger partial charge in [-0.25, -0.2) is 4.79 Å². The molecule has 0 amide bonds. The number of hydrogen-bond donors (Lipinski definition) is 4. The molecule has 7 atom stereocenters. The first-order valence-corrected chi connectivity index (χ1v) is 17.6. The molecule has 0 spiro atoms. The highest BCUT2D eigenvalue weighted by Crippen LogP contribution is 2.28. The average Bonchev–Trinajstić information content (AvgIpc) is 3.58. The van der Waals surface area contributed by atoms with Gasteiger partial charge in [0, 0.05) is 12.0 Å². The van der Waals surface area contributed by atoms with E-state index in [0.29, 0.717) is 37.7 Å². The molecule has 1 saturated heterocycles. The van der Waals surface area contributed by atoms with Gasteiger partial charge in [0.15, 0.2) is 0 Å². The maximum absolute atomic E-state index is 11.7. The van der Waals surface area contributed by atoms with Gasteiger partial charge >= 0.3 is 5.97 Å². The molecule has 7 nitrogen and oxygen atoms in total. The maximum atomic E-state index is 11.7. The predicted octanol–water partition coefficient (Wildman–Crippen LogP) is 7.06. The second kappa shape index (κ2) is 22.5. The Hall–Kier alpha value is -0.990. The van der Waals surface area contributed by atoms with Gasteiger partial charge in [0.05, 0.1) is 36.6 Å². The molecule has 246 valence electrons. The third kappa shape index (κ3) is 16.2. The fourth-order valence-electron chi connectivity index (χ4n) is 6.40. The van der Waals surface area contributed by atoms with Gasteiger partial charge in [-0.05, 0) is 57.9 Å². The van der Waals surface area contributed by atoms with Crippen LogP contribution in [0.15, 0.2) is 11.6 Å². The first-order valence-electron chi connectivity index (χ1n) is 17.6. The van der Waals surface area contributed by atoms with E-state index in [0.717, 1.165) is 57.8 Å². The van der Waals surface area contributed by atoms with Crippen molar-refractivity contribution in [2.75, 3.05) is 0 Å². The van der Waals surface area contributed by atoms with E-state index in [-0.39, 0.29) is 30.4 Å². The summed E-state index contributed by atoms with van der Waals surface area (Å²) in [6.07, 6.45) is 22.3. The van der Waals surface area contributed by atoms with Crippen molar-refractivity contribution < 1.29 is 34.7 Å². The molecule has 2 heterocycles. The van der Waals surface area contributed by atoms with E-state index >= 15 is 0 Å². The lowest BCUT2D eigenvalue weighted by Crippen LogP contribution is -2.31. The molecular weight excluding hydrogens is 532 g/mol. The van der Waals surface area contributed by atoms with Gasteiger partial charge < -0.3 is 29.9 Å². The number of ether oxygens (including phenoxy) is 2. The van der Waals surface area contributed by atoms with Crippen LogP contribution in [-0.4, -0.2) is 69.1 Å². The molecular formula is C35H64O7. The summed E-state index contributed by atoms with van der Waals surface area (Å²) in [4.78, 5) is 11.7. The van der Waals surface area contributed by atoms with Crippen molar-refractivity contribution >= 4 is 5.97 Å². The molecule has 1 unspecified atom stereocenters. The van der Waals surface area contributed by atoms with Gasteiger partial charge in [0.25, 0.3) is 0 Å². The topological polar surface area (TPSA) is 116 Å². The van der Waals surface area contributed by atoms with Crippen molar-refractivity contribution in [3.63, 3.8) is 0 Å². The third-order valence-electron chi connectivity index (χ3n) is 9.11. The van der Waals surface area contributed by atoms with Crippen LogP contribution in [0.3, 0.4) is 0 Å². The van der Waals surface area contributed by atoms with Crippen molar-refractivity contribution in [2.24, 2.45) is 0 Å². The first kappa shape index (κ1) is 37.2. The lowest BCUT2D eigenvalue weighted by molar-refractivity contribution is -0.139. The number of rotatable bonds is 26. The lowest BCUT2D eigenvalue weighted by Gasteiger charge is -2.23. The van der Waals surface area contributed by atoms with E-state index in [1.165, 1.54) is 57.8 Å². The molecule has 7 heteroatoms. The van der Waals surface area contributed by atoms with Crippen LogP contribution < -0.4 is 0 Å². The van der Waals surface area contributed by atoms with Crippen LogP contribution in [-0.2, 0) is 14.3 Å². The van der Waals surface area contributed by atoms with Crippen molar-refractivity contribution in [2.45, 2.75) is 204 Å². The molecule has 0 aromatic heterocycles. The van der Waals surface area contributed by atoms with E-state index in [4.69, 9.17) is 9.47 Å². The van der Waals surface area contributed by atoms with Crippen molar-refractivity contribution in [1.82, 2.24) is 0 Å². The fraction of sp³-hybridized carbons (Fsp3) is 0.914. The zero-order valence-electron chi connectivity index (χ0n) is 26.9. The zero-order valence-corrected chi connectivity index (χ0v) is 26.9. The van der Waals surface area contributed by atoms with Gasteiger partial charge in [-0.15, -0.1) is 0 Å².